The lowest BCUT2D eigenvalue weighted by Gasteiger charge is -2.15. The number of aryl methyl sites for hydroxylation is 2. The molecule has 0 fully saturated rings. The maximum absolute atomic E-state index is 12.7. The Morgan fingerprint density at radius 1 is 1.35 bits per heavy atom. The fraction of sp³-hybridized carbons (Fsp3) is 0.438. The van der Waals surface area contributed by atoms with Crippen LogP contribution < -0.4 is 9.46 Å². The van der Waals surface area contributed by atoms with Crippen molar-refractivity contribution in [1.82, 2.24) is 14.5 Å². The van der Waals surface area contributed by atoms with Gasteiger partial charge >= 0.3 is 0 Å². The Kier molecular flexibility index (Phi) is 5.11. The summed E-state index contributed by atoms with van der Waals surface area (Å²) in [6.07, 6.45) is 0. The summed E-state index contributed by atoms with van der Waals surface area (Å²) >= 11 is 0. The van der Waals surface area contributed by atoms with Crippen molar-refractivity contribution >= 4 is 10.0 Å². The standard InChI is InChI=1S/C16H23N3O3S/c1-6-19-13(4)16(12(3)17-19)23(20,21)18-11(2)14-8-7-9-15(10-14)22-5/h7-11,18H,6H2,1-5H3/t11-/m0/s1. The Bertz CT molecular complexity index is 797. The molecule has 0 amide bonds. The summed E-state index contributed by atoms with van der Waals surface area (Å²) in [5.74, 6) is 0.694. The Hall–Kier alpha value is -1.86. The predicted molar refractivity (Wildman–Crippen MR) is 89.1 cm³/mol. The molecule has 0 bridgehead atoms. The van der Waals surface area contributed by atoms with Crippen LogP contribution in [0.15, 0.2) is 29.2 Å². The van der Waals surface area contributed by atoms with Gasteiger partial charge in [-0.15, -0.1) is 0 Å². The average Bonchev–Trinajstić information content (AvgIpc) is 2.81. The van der Waals surface area contributed by atoms with Gasteiger partial charge in [-0.3, -0.25) is 4.68 Å². The second-order valence-corrected chi connectivity index (χ2v) is 7.09. The lowest BCUT2D eigenvalue weighted by molar-refractivity contribution is 0.413. The van der Waals surface area contributed by atoms with E-state index < -0.39 is 10.0 Å². The summed E-state index contributed by atoms with van der Waals surface area (Å²) in [6.45, 7) is 7.86. The molecule has 126 valence electrons. The molecule has 0 radical (unpaired) electrons. The van der Waals surface area contributed by atoms with Crippen LogP contribution in [-0.4, -0.2) is 25.3 Å². The molecule has 0 aliphatic carbocycles. The van der Waals surface area contributed by atoms with E-state index >= 15 is 0 Å². The van der Waals surface area contributed by atoms with Gasteiger partial charge in [0.25, 0.3) is 0 Å². The van der Waals surface area contributed by atoms with Gasteiger partial charge in [-0.25, -0.2) is 13.1 Å². The third kappa shape index (κ3) is 3.56. The third-order valence-corrected chi connectivity index (χ3v) is 5.60. The molecule has 0 spiro atoms. The summed E-state index contributed by atoms with van der Waals surface area (Å²) in [7, 11) is -2.07. The quantitative estimate of drug-likeness (QED) is 0.879. The van der Waals surface area contributed by atoms with Crippen LogP contribution in [0.2, 0.25) is 0 Å². The van der Waals surface area contributed by atoms with E-state index in [0.29, 0.717) is 23.7 Å². The Morgan fingerprint density at radius 3 is 2.61 bits per heavy atom. The predicted octanol–water partition coefficient (Wildman–Crippen LogP) is 2.57. The van der Waals surface area contributed by atoms with E-state index in [-0.39, 0.29) is 10.9 Å². The van der Waals surface area contributed by atoms with Gasteiger partial charge in [0.2, 0.25) is 10.0 Å². The number of benzene rings is 1. The van der Waals surface area contributed by atoms with Crippen LogP contribution in [0.4, 0.5) is 0 Å². The van der Waals surface area contributed by atoms with Crippen LogP contribution in [0, 0.1) is 13.8 Å². The maximum atomic E-state index is 12.7. The monoisotopic (exact) mass is 337 g/mol. The van der Waals surface area contributed by atoms with E-state index in [1.165, 1.54) is 0 Å². The van der Waals surface area contributed by atoms with Gasteiger partial charge in [-0.1, -0.05) is 12.1 Å². The molecular formula is C16H23N3O3S. The van der Waals surface area contributed by atoms with Crippen molar-refractivity contribution in [3.8, 4) is 5.75 Å². The molecule has 1 N–H and O–H groups in total. The van der Waals surface area contributed by atoms with Gasteiger partial charge in [0.1, 0.15) is 10.6 Å². The Balaban J connectivity index is 2.32. The molecule has 2 aromatic rings. The van der Waals surface area contributed by atoms with Crippen molar-refractivity contribution in [2.45, 2.75) is 45.2 Å². The fourth-order valence-electron chi connectivity index (χ4n) is 2.65. The van der Waals surface area contributed by atoms with E-state index in [1.807, 2.05) is 31.2 Å². The summed E-state index contributed by atoms with van der Waals surface area (Å²) in [5.41, 5.74) is 2.00. The SMILES string of the molecule is CCn1nc(C)c(S(=O)(=O)N[C@@H](C)c2cccc(OC)c2)c1C. The molecule has 0 saturated carbocycles. The highest BCUT2D eigenvalue weighted by Gasteiger charge is 2.26. The third-order valence-electron chi connectivity index (χ3n) is 3.81. The fourth-order valence-corrected chi connectivity index (χ4v) is 4.29. The number of nitrogens with zero attached hydrogens (tertiary/aromatic N) is 2. The number of hydrogen-bond donors (Lipinski definition) is 1. The molecule has 0 unspecified atom stereocenters. The van der Waals surface area contributed by atoms with E-state index in [1.54, 1.807) is 32.6 Å². The normalized spacial score (nSPS) is 13.1. The van der Waals surface area contributed by atoms with Gasteiger partial charge in [0, 0.05) is 12.6 Å². The summed E-state index contributed by atoms with van der Waals surface area (Å²) in [4.78, 5) is 0.258. The molecular weight excluding hydrogens is 314 g/mol. The minimum atomic E-state index is -3.65. The zero-order valence-electron chi connectivity index (χ0n) is 14.1. The minimum absolute atomic E-state index is 0.258. The molecule has 1 aromatic heterocycles. The van der Waals surface area contributed by atoms with Crippen molar-refractivity contribution in [2.75, 3.05) is 7.11 Å². The number of methoxy groups -OCH3 is 1. The first-order valence-electron chi connectivity index (χ1n) is 7.50. The highest BCUT2D eigenvalue weighted by Crippen LogP contribution is 2.24. The van der Waals surface area contributed by atoms with E-state index in [9.17, 15) is 8.42 Å². The maximum Gasteiger partial charge on any atom is 0.244 e. The lowest BCUT2D eigenvalue weighted by atomic mass is 10.1. The first kappa shape index (κ1) is 17.5. The molecule has 7 heteroatoms. The molecule has 0 aliphatic heterocycles. The minimum Gasteiger partial charge on any atom is -0.497 e. The zero-order chi connectivity index (χ0) is 17.2. The number of rotatable bonds is 6. The molecule has 6 nitrogen and oxygen atoms in total. The van der Waals surface area contributed by atoms with E-state index in [2.05, 4.69) is 9.82 Å². The molecule has 2 rings (SSSR count). The highest BCUT2D eigenvalue weighted by molar-refractivity contribution is 7.89. The average molecular weight is 337 g/mol. The molecule has 1 atom stereocenters. The van der Waals surface area contributed by atoms with Crippen molar-refractivity contribution in [1.29, 1.82) is 0 Å². The van der Waals surface area contributed by atoms with Gasteiger partial charge in [-0.05, 0) is 45.4 Å². The first-order chi connectivity index (χ1) is 10.8. The van der Waals surface area contributed by atoms with Crippen LogP contribution in [0.1, 0.15) is 36.8 Å². The Morgan fingerprint density at radius 2 is 2.04 bits per heavy atom. The van der Waals surface area contributed by atoms with E-state index in [0.717, 1.165) is 5.56 Å². The largest absolute Gasteiger partial charge is 0.497 e. The summed E-state index contributed by atoms with van der Waals surface area (Å²) in [6, 6.07) is 6.97. The van der Waals surface area contributed by atoms with Crippen LogP contribution in [0.3, 0.4) is 0 Å². The molecule has 1 aromatic carbocycles. The van der Waals surface area contributed by atoms with Gasteiger partial charge in [-0.2, -0.15) is 5.10 Å². The smallest absolute Gasteiger partial charge is 0.244 e. The number of aromatic nitrogens is 2. The number of nitrogens with one attached hydrogen (secondary N) is 1. The van der Waals surface area contributed by atoms with E-state index in [4.69, 9.17) is 4.74 Å². The van der Waals surface area contributed by atoms with Gasteiger partial charge < -0.3 is 4.74 Å². The topological polar surface area (TPSA) is 73.2 Å². The van der Waals surface area contributed by atoms with Crippen LogP contribution in [0.5, 0.6) is 5.75 Å². The summed E-state index contributed by atoms with van der Waals surface area (Å²) in [5, 5.41) is 4.28. The van der Waals surface area contributed by atoms with Crippen LogP contribution in [0.25, 0.3) is 0 Å². The number of sulfonamides is 1. The van der Waals surface area contributed by atoms with Crippen molar-refractivity contribution in [2.24, 2.45) is 0 Å². The van der Waals surface area contributed by atoms with Gasteiger partial charge in [0.05, 0.1) is 18.5 Å². The second-order valence-electron chi connectivity index (χ2n) is 5.44. The molecule has 1 heterocycles. The van der Waals surface area contributed by atoms with Crippen molar-refractivity contribution in [3.63, 3.8) is 0 Å². The first-order valence-corrected chi connectivity index (χ1v) is 8.98. The highest BCUT2D eigenvalue weighted by atomic mass is 32.2. The summed E-state index contributed by atoms with van der Waals surface area (Å²) < 4.78 is 35.1. The van der Waals surface area contributed by atoms with Crippen LogP contribution >= 0.6 is 0 Å². The van der Waals surface area contributed by atoms with Crippen molar-refractivity contribution in [3.05, 3.63) is 41.2 Å². The second kappa shape index (κ2) is 6.72. The number of ether oxygens (including phenoxy) is 1. The molecule has 23 heavy (non-hydrogen) atoms. The van der Waals surface area contributed by atoms with Gasteiger partial charge in [0.15, 0.2) is 0 Å². The number of hydrogen-bond acceptors (Lipinski definition) is 4. The zero-order valence-corrected chi connectivity index (χ0v) is 14.9. The van der Waals surface area contributed by atoms with Crippen molar-refractivity contribution < 1.29 is 13.2 Å². The molecule has 0 saturated heterocycles. The Labute approximate surface area is 137 Å². The van der Waals surface area contributed by atoms with Crippen LogP contribution in [-0.2, 0) is 16.6 Å². The lowest BCUT2D eigenvalue weighted by Crippen LogP contribution is -2.27. The molecule has 0 aliphatic rings.